The number of rotatable bonds is 4. The van der Waals surface area contributed by atoms with Gasteiger partial charge in [-0.2, -0.15) is 0 Å². The van der Waals surface area contributed by atoms with E-state index in [9.17, 15) is 4.79 Å². The minimum Gasteiger partial charge on any atom is -0.479 e. The molecule has 0 unspecified atom stereocenters. The van der Waals surface area contributed by atoms with Crippen LogP contribution in [0.3, 0.4) is 0 Å². The largest absolute Gasteiger partial charge is 0.479 e. The second-order valence-electron chi connectivity index (χ2n) is 4.46. The second kappa shape index (κ2) is 5.71. The van der Waals surface area contributed by atoms with E-state index in [4.69, 9.17) is 4.74 Å². The first-order valence-electron chi connectivity index (χ1n) is 5.80. The molecule has 0 aromatic heterocycles. The van der Waals surface area contributed by atoms with Crippen LogP contribution >= 0.6 is 0 Å². The maximum absolute atomic E-state index is 11.2. The van der Waals surface area contributed by atoms with E-state index >= 15 is 0 Å². The lowest BCUT2D eigenvalue weighted by Gasteiger charge is -2.15. The van der Waals surface area contributed by atoms with Crippen LogP contribution in [0.4, 0.5) is 0 Å². The summed E-state index contributed by atoms with van der Waals surface area (Å²) in [6.45, 7) is 8.03. The molecule has 0 bridgehead atoms. The van der Waals surface area contributed by atoms with Gasteiger partial charge in [-0.1, -0.05) is 19.9 Å². The lowest BCUT2D eigenvalue weighted by atomic mass is 9.98. The van der Waals surface area contributed by atoms with Crippen LogP contribution in [0.5, 0.6) is 5.75 Å². The van der Waals surface area contributed by atoms with E-state index in [1.165, 1.54) is 18.2 Å². The van der Waals surface area contributed by atoms with Gasteiger partial charge in [0.2, 0.25) is 0 Å². The Morgan fingerprint density at radius 2 is 1.88 bits per heavy atom. The maximum Gasteiger partial charge on any atom is 0.346 e. The number of ether oxygens (including phenoxy) is 2. The summed E-state index contributed by atoms with van der Waals surface area (Å²) in [5.74, 6) is 0.822. The number of hydrogen-bond acceptors (Lipinski definition) is 3. The van der Waals surface area contributed by atoms with Gasteiger partial charge < -0.3 is 9.47 Å². The summed E-state index contributed by atoms with van der Waals surface area (Å²) in [4.78, 5) is 11.2. The fraction of sp³-hybridized carbons (Fsp3) is 0.500. The van der Waals surface area contributed by atoms with Crippen molar-refractivity contribution in [2.45, 2.75) is 39.7 Å². The molecular formula is C14H20O3. The standard InChI is InChI=1S/C14H20O3/c1-9(2)13-7-6-12(8-10(13)3)17-11(4)14(15)16-5/h6-9,11H,1-5H3/t11-/m0/s1. The Morgan fingerprint density at radius 3 is 2.35 bits per heavy atom. The smallest absolute Gasteiger partial charge is 0.346 e. The molecule has 0 heterocycles. The molecule has 1 rings (SSSR count). The van der Waals surface area contributed by atoms with Crippen molar-refractivity contribution in [1.29, 1.82) is 0 Å². The second-order valence-corrected chi connectivity index (χ2v) is 4.46. The maximum atomic E-state index is 11.2. The van der Waals surface area contributed by atoms with Gasteiger partial charge in [0.1, 0.15) is 5.75 Å². The first-order chi connectivity index (χ1) is 7.95. The van der Waals surface area contributed by atoms with Gasteiger partial charge in [-0.15, -0.1) is 0 Å². The Morgan fingerprint density at radius 1 is 1.24 bits per heavy atom. The third kappa shape index (κ3) is 3.48. The van der Waals surface area contributed by atoms with Crippen molar-refractivity contribution in [3.63, 3.8) is 0 Å². The van der Waals surface area contributed by atoms with Crippen molar-refractivity contribution in [3.8, 4) is 5.75 Å². The van der Waals surface area contributed by atoms with Crippen LogP contribution in [0.2, 0.25) is 0 Å². The van der Waals surface area contributed by atoms with Crippen LogP contribution in [0.1, 0.15) is 37.8 Å². The van der Waals surface area contributed by atoms with Gasteiger partial charge in [0.05, 0.1) is 7.11 Å². The Labute approximate surface area is 103 Å². The van der Waals surface area contributed by atoms with Crippen LogP contribution in [0, 0.1) is 6.92 Å². The minimum atomic E-state index is -0.579. The fourth-order valence-electron chi connectivity index (χ4n) is 1.79. The molecule has 0 amide bonds. The van der Waals surface area contributed by atoms with Gasteiger partial charge in [0, 0.05) is 0 Å². The van der Waals surface area contributed by atoms with Gasteiger partial charge in [-0.3, -0.25) is 0 Å². The third-order valence-electron chi connectivity index (χ3n) is 2.71. The van der Waals surface area contributed by atoms with Crippen molar-refractivity contribution in [1.82, 2.24) is 0 Å². The van der Waals surface area contributed by atoms with Crippen molar-refractivity contribution in [2.24, 2.45) is 0 Å². The van der Waals surface area contributed by atoms with Crippen molar-refractivity contribution in [3.05, 3.63) is 29.3 Å². The highest BCUT2D eigenvalue weighted by molar-refractivity contribution is 5.74. The van der Waals surface area contributed by atoms with Crippen LogP contribution in [0.25, 0.3) is 0 Å². The molecule has 0 saturated carbocycles. The Kier molecular flexibility index (Phi) is 4.55. The molecule has 0 fully saturated rings. The molecule has 0 radical (unpaired) electrons. The van der Waals surface area contributed by atoms with Gasteiger partial charge in [0.25, 0.3) is 0 Å². The van der Waals surface area contributed by atoms with Crippen molar-refractivity contribution in [2.75, 3.05) is 7.11 Å². The van der Waals surface area contributed by atoms with E-state index in [0.29, 0.717) is 11.7 Å². The molecule has 0 aliphatic heterocycles. The van der Waals surface area contributed by atoms with Crippen LogP contribution in [0.15, 0.2) is 18.2 Å². The molecule has 0 aliphatic rings. The summed E-state index contributed by atoms with van der Waals surface area (Å²) in [6.07, 6.45) is -0.579. The SMILES string of the molecule is COC(=O)[C@H](C)Oc1ccc(C(C)C)c(C)c1. The van der Waals surface area contributed by atoms with Gasteiger partial charge in [0.15, 0.2) is 6.10 Å². The van der Waals surface area contributed by atoms with Crippen molar-refractivity contribution >= 4 is 5.97 Å². The summed E-state index contributed by atoms with van der Waals surface area (Å²) in [5, 5.41) is 0. The number of hydrogen-bond donors (Lipinski definition) is 0. The number of carbonyl (C=O) groups excluding carboxylic acids is 1. The summed E-state index contributed by atoms with van der Waals surface area (Å²) in [6, 6.07) is 5.88. The number of aryl methyl sites for hydroxylation is 1. The molecule has 0 N–H and O–H groups in total. The van der Waals surface area contributed by atoms with Gasteiger partial charge in [-0.05, 0) is 43.0 Å². The normalized spacial score (nSPS) is 12.4. The van der Waals surface area contributed by atoms with Gasteiger partial charge >= 0.3 is 5.97 Å². The van der Waals surface area contributed by atoms with Crippen molar-refractivity contribution < 1.29 is 14.3 Å². The first-order valence-corrected chi connectivity index (χ1v) is 5.80. The zero-order valence-corrected chi connectivity index (χ0v) is 11.1. The topological polar surface area (TPSA) is 35.5 Å². The molecule has 0 aliphatic carbocycles. The Bertz CT molecular complexity index is 396. The van der Waals surface area contributed by atoms with Gasteiger partial charge in [-0.25, -0.2) is 4.79 Å². The van der Waals surface area contributed by atoms with Crippen LogP contribution in [-0.2, 0) is 9.53 Å². The highest BCUT2D eigenvalue weighted by Crippen LogP contribution is 2.24. The summed E-state index contributed by atoms with van der Waals surface area (Å²) in [5.41, 5.74) is 2.47. The summed E-state index contributed by atoms with van der Waals surface area (Å²) in [7, 11) is 1.36. The number of benzene rings is 1. The molecule has 1 atom stereocenters. The number of methoxy groups -OCH3 is 1. The molecule has 1 aromatic carbocycles. The Hall–Kier alpha value is -1.51. The average molecular weight is 236 g/mol. The summed E-state index contributed by atoms with van der Waals surface area (Å²) < 4.78 is 10.1. The third-order valence-corrected chi connectivity index (χ3v) is 2.71. The molecular weight excluding hydrogens is 216 g/mol. The molecule has 17 heavy (non-hydrogen) atoms. The van der Waals surface area contributed by atoms with E-state index in [1.54, 1.807) is 6.92 Å². The molecule has 94 valence electrons. The van der Waals surface area contributed by atoms with E-state index in [2.05, 4.69) is 18.6 Å². The highest BCUT2D eigenvalue weighted by Gasteiger charge is 2.15. The monoisotopic (exact) mass is 236 g/mol. The minimum absolute atomic E-state index is 0.365. The zero-order valence-electron chi connectivity index (χ0n) is 11.1. The number of carbonyl (C=O) groups is 1. The molecule has 3 heteroatoms. The first kappa shape index (κ1) is 13.6. The highest BCUT2D eigenvalue weighted by atomic mass is 16.6. The molecule has 1 aromatic rings. The Balaban J connectivity index is 2.81. The lowest BCUT2D eigenvalue weighted by molar-refractivity contribution is -0.147. The predicted molar refractivity (Wildman–Crippen MR) is 67.4 cm³/mol. The average Bonchev–Trinajstić information content (AvgIpc) is 2.27. The van der Waals surface area contributed by atoms with E-state index < -0.39 is 6.10 Å². The molecule has 0 spiro atoms. The van der Waals surface area contributed by atoms with Crippen LogP contribution in [-0.4, -0.2) is 19.2 Å². The van der Waals surface area contributed by atoms with E-state index in [1.807, 2.05) is 25.1 Å². The number of esters is 1. The fourth-order valence-corrected chi connectivity index (χ4v) is 1.79. The van der Waals surface area contributed by atoms with Crippen LogP contribution < -0.4 is 4.74 Å². The van der Waals surface area contributed by atoms with E-state index in [-0.39, 0.29) is 5.97 Å². The predicted octanol–water partition coefficient (Wildman–Crippen LogP) is 3.06. The molecule has 3 nitrogen and oxygen atoms in total. The quantitative estimate of drug-likeness (QED) is 0.754. The van der Waals surface area contributed by atoms with E-state index in [0.717, 1.165) is 0 Å². The zero-order chi connectivity index (χ0) is 13.0. The summed E-state index contributed by atoms with van der Waals surface area (Å²) >= 11 is 0. The molecule has 0 saturated heterocycles. The lowest BCUT2D eigenvalue weighted by Crippen LogP contribution is -2.24.